The van der Waals surface area contributed by atoms with Crippen LogP contribution in [-0.4, -0.2) is 32.8 Å². The van der Waals surface area contributed by atoms with Crippen LogP contribution in [0.1, 0.15) is 29.8 Å². The van der Waals surface area contributed by atoms with Crippen molar-refractivity contribution in [1.82, 2.24) is 4.72 Å². The van der Waals surface area contributed by atoms with Gasteiger partial charge in [-0.2, -0.15) is 4.72 Å². The van der Waals surface area contributed by atoms with E-state index < -0.39 is 22.0 Å². The summed E-state index contributed by atoms with van der Waals surface area (Å²) in [6, 6.07) is 13.6. The Morgan fingerprint density at radius 1 is 1.04 bits per heavy atom. The number of ether oxygens (including phenoxy) is 1. The van der Waals surface area contributed by atoms with Gasteiger partial charge in [0.2, 0.25) is 10.0 Å². The highest BCUT2D eigenvalue weighted by Crippen LogP contribution is 2.13. The van der Waals surface area contributed by atoms with Gasteiger partial charge < -0.3 is 4.74 Å². The van der Waals surface area contributed by atoms with Gasteiger partial charge in [-0.1, -0.05) is 42.5 Å². The molecule has 0 aromatic heterocycles. The van der Waals surface area contributed by atoms with Gasteiger partial charge in [0.25, 0.3) is 0 Å². The number of carbonyl (C=O) groups is 2. The maximum Gasteiger partial charge on any atom is 0.324 e. The number of hydrogen-bond acceptors (Lipinski definition) is 5. The highest BCUT2D eigenvalue weighted by Gasteiger charge is 2.27. The van der Waals surface area contributed by atoms with Crippen molar-refractivity contribution < 1.29 is 22.7 Å². The Morgan fingerprint density at radius 3 is 2.19 bits per heavy atom. The summed E-state index contributed by atoms with van der Waals surface area (Å²) in [5.41, 5.74) is 1.22. The van der Waals surface area contributed by atoms with Gasteiger partial charge in [0.15, 0.2) is 5.78 Å². The van der Waals surface area contributed by atoms with Crippen molar-refractivity contribution in [2.45, 2.75) is 31.2 Å². The molecule has 0 radical (unpaired) electrons. The van der Waals surface area contributed by atoms with Crippen molar-refractivity contribution >= 4 is 21.8 Å². The molecule has 0 heterocycles. The number of esters is 1. The minimum atomic E-state index is -3.95. The highest BCUT2D eigenvalue weighted by atomic mass is 32.2. The van der Waals surface area contributed by atoms with Crippen molar-refractivity contribution in [3.05, 3.63) is 65.7 Å². The molecular formula is C19H21NO5S. The van der Waals surface area contributed by atoms with E-state index in [2.05, 4.69) is 4.72 Å². The number of hydrogen-bond donors (Lipinski definition) is 1. The fourth-order valence-corrected chi connectivity index (χ4v) is 3.57. The minimum absolute atomic E-state index is 0.0233. The van der Waals surface area contributed by atoms with E-state index in [0.717, 1.165) is 5.56 Å². The van der Waals surface area contributed by atoms with Crippen LogP contribution in [0.5, 0.6) is 0 Å². The Balaban J connectivity index is 2.24. The molecule has 0 spiro atoms. The lowest BCUT2D eigenvalue weighted by atomic mass is 10.1. The summed E-state index contributed by atoms with van der Waals surface area (Å²) >= 11 is 0. The Kier molecular flexibility index (Phi) is 6.65. The lowest BCUT2D eigenvalue weighted by molar-refractivity contribution is -0.145. The molecule has 1 N–H and O–H groups in total. The summed E-state index contributed by atoms with van der Waals surface area (Å²) in [6.45, 7) is 3.21. The van der Waals surface area contributed by atoms with E-state index in [1.807, 2.05) is 30.3 Å². The first-order valence-corrected chi connectivity index (χ1v) is 9.65. The number of sulfonamides is 1. The van der Waals surface area contributed by atoms with Gasteiger partial charge in [0, 0.05) is 5.56 Å². The zero-order chi connectivity index (χ0) is 19.2. The second kappa shape index (κ2) is 8.73. The lowest BCUT2D eigenvalue weighted by Gasteiger charge is -2.17. The van der Waals surface area contributed by atoms with Gasteiger partial charge in [-0.3, -0.25) is 9.59 Å². The van der Waals surface area contributed by atoms with Crippen molar-refractivity contribution in [2.75, 3.05) is 6.61 Å². The number of benzene rings is 2. The predicted molar refractivity (Wildman–Crippen MR) is 97.3 cm³/mol. The normalized spacial score (nSPS) is 12.4. The molecule has 0 aliphatic heterocycles. The molecule has 7 heteroatoms. The Hall–Kier alpha value is -2.51. The van der Waals surface area contributed by atoms with E-state index in [9.17, 15) is 18.0 Å². The zero-order valence-corrected chi connectivity index (χ0v) is 15.5. The SMILES string of the molecule is CCOC(=O)C(Cc1ccccc1)NS(=O)(=O)c1ccc(C(C)=O)cc1. The summed E-state index contributed by atoms with van der Waals surface area (Å²) in [5, 5.41) is 0. The fraction of sp³-hybridized carbons (Fsp3) is 0.263. The van der Waals surface area contributed by atoms with Crippen LogP contribution in [0.3, 0.4) is 0 Å². The molecule has 138 valence electrons. The van der Waals surface area contributed by atoms with Crippen LogP contribution in [0.15, 0.2) is 59.5 Å². The second-order valence-electron chi connectivity index (χ2n) is 5.70. The highest BCUT2D eigenvalue weighted by molar-refractivity contribution is 7.89. The molecule has 0 fully saturated rings. The first-order chi connectivity index (χ1) is 12.3. The van der Waals surface area contributed by atoms with Gasteiger partial charge in [-0.25, -0.2) is 8.42 Å². The average molecular weight is 375 g/mol. The summed E-state index contributed by atoms with van der Waals surface area (Å²) in [7, 11) is -3.95. The van der Waals surface area contributed by atoms with Gasteiger partial charge in [-0.05, 0) is 38.0 Å². The van der Waals surface area contributed by atoms with E-state index >= 15 is 0 Å². The molecule has 0 aliphatic rings. The van der Waals surface area contributed by atoms with Crippen LogP contribution >= 0.6 is 0 Å². The topological polar surface area (TPSA) is 89.5 Å². The minimum Gasteiger partial charge on any atom is -0.465 e. The van der Waals surface area contributed by atoms with Gasteiger partial charge in [0.05, 0.1) is 11.5 Å². The van der Waals surface area contributed by atoms with Crippen LogP contribution in [0.2, 0.25) is 0 Å². The maximum absolute atomic E-state index is 12.6. The molecule has 1 unspecified atom stereocenters. The number of Topliss-reactive ketones (excluding diaryl/α,β-unsaturated/α-hetero) is 1. The number of nitrogens with one attached hydrogen (secondary N) is 1. The summed E-state index contributed by atoms with van der Waals surface area (Å²) in [6.07, 6.45) is 0.171. The molecule has 0 bridgehead atoms. The molecule has 2 rings (SSSR count). The van der Waals surface area contributed by atoms with Crippen LogP contribution in [0.25, 0.3) is 0 Å². The Morgan fingerprint density at radius 2 is 1.65 bits per heavy atom. The van der Waals surface area contributed by atoms with Crippen molar-refractivity contribution in [1.29, 1.82) is 0 Å². The summed E-state index contributed by atoms with van der Waals surface area (Å²) < 4.78 is 32.6. The molecule has 26 heavy (non-hydrogen) atoms. The first-order valence-electron chi connectivity index (χ1n) is 8.17. The van der Waals surface area contributed by atoms with Crippen LogP contribution in [-0.2, 0) is 26.0 Å². The van der Waals surface area contributed by atoms with Gasteiger partial charge in [0.1, 0.15) is 6.04 Å². The molecule has 6 nitrogen and oxygen atoms in total. The molecule has 0 saturated carbocycles. The fourth-order valence-electron chi connectivity index (χ4n) is 2.39. The standard InChI is InChI=1S/C19H21NO5S/c1-3-25-19(22)18(13-15-7-5-4-6-8-15)20-26(23,24)17-11-9-16(10-12-17)14(2)21/h4-12,18,20H,3,13H2,1-2H3. The number of rotatable bonds is 8. The molecule has 0 saturated heterocycles. The second-order valence-corrected chi connectivity index (χ2v) is 7.41. The van der Waals surface area contributed by atoms with E-state index in [4.69, 9.17) is 4.74 Å². The Bertz CT molecular complexity index is 861. The average Bonchev–Trinajstić information content (AvgIpc) is 2.62. The summed E-state index contributed by atoms with van der Waals surface area (Å²) in [4.78, 5) is 23.5. The van der Waals surface area contributed by atoms with Crippen LogP contribution in [0, 0.1) is 0 Å². The third-order valence-electron chi connectivity index (χ3n) is 3.72. The molecular weight excluding hydrogens is 354 g/mol. The van der Waals surface area contributed by atoms with Crippen molar-refractivity contribution in [3.8, 4) is 0 Å². The molecule has 2 aromatic rings. The van der Waals surface area contributed by atoms with Crippen LogP contribution < -0.4 is 4.72 Å². The van der Waals surface area contributed by atoms with Gasteiger partial charge in [-0.15, -0.1) is 0 Å². The molecule has 1 atom stereocenters. The van der Waals surface area contributed by atoms with E-state index in [1.54, 1.807) is 6.92 Å². The molecule has 2 aromatic carbocycles. The van der Waals surface area contributed by atoms with Crippen LogP contribution in [0.4, 0.5) is 0 Å². The third kappa shape index (κ3) is 5.24. The van der Waals surface area contributed by atoms with Crippen molar-refractivity contribution in [2.24, 2.45) is 0 Å². The predicted octanol–water partition coefficient (Wildman–Crippen LogP) is 2.34. The molecule has 0 aliphatic carbocycles. The lowest BCUT2D eigenvalue weighted by Crippen LogP contribution is -2.43. The Labute approximate surface area is 153 Å². The third-order valence-corrected chi connectivity index (χ3v) is 5.21. The van der Waals surface area contributed by atoms with E-state index in [0.29, 0.717) is 5.56 Å². The van der Waals surface area contributed by atoms with Gasteiger partial charge >= 0.3 is 5.97 Å². The monoisotopic (exact) mass is 375 g/mol. The smallest absolute Gasteiger partial charge is 0.324 e. The zero-order valence-electron chi connectivity index (χ0n) is 14.6. The maximum atomic E-state index is 12.6. The van der Waals surface area contributed by atoms with E-state index in [-0.39, 0.29) is 23.7 Å². The number of carbonyl (C=O) groups excluding carboxylic acids is 2. The quantitative estimate of drug-likeness (QED) is 0.565. The van der Waals surface area contributed by atoms with Crippen molar-refractivity contribution in [3.63, 3.8) is 0 Å². The largest absolute Gasteiger partial charge is 0.465 e. The number of ketones is 1. The molecule has 0 amide bonds. The van der Waals surface area contributed by atoms with E-state index in [1.165, 1.54) is 31.2 Å². The first kappa shape index (κ1) is 19.8. The summed E-state index contributed by atoms with van der Waals surface area (Å²) in [5.74, 6) is -0.796.